The van der Waals surface area contributed by atoms with Crippen LogP contribution in [-0.4, -0.2) is 34.4 Å². The van der Waals surface area contributed by atoms with Crippen LogP contribution in [0.25, 0.3) is 11.0 Å². The number of aromatic nitrogens is 2. The number of nitrogens with zero attached hydrogens (tertiary/aromatic N) is 1. The third kappa shape index (κ3) is 3.13. The van der Waals surface area contributed by atoms with Crippen LogP contribution in [0.4, 0.5) is 0 Å². The second kappa shape index (κ2) is 6.08. The van der Waals surface area contributed by atoms with Crippen molar-refractivity contribution in [3.05, 3.63) is 53.8 Å². The van der Waals surface area contributed by atoms with E-state index < -0.39 is 0 Å². The molecule has 0 saturated heterocycles. The number of imidazole rings is 1. The number of rotatable bonds is 5. The lowest BCUT2D eigenvalue weighted by molar-refractivity contribution is 0.0947. The van der Waals surface area contributed by atoms with Crippen molar-refractivity contribution in [2.45, 2.75) is 19.4 Å². The van der Waals surface area contributed by atoms with Crippen molar-refractivity contribution in [3.63, 3.8) is 0 Å². The van der Waals surface area contributed by atoms with E-state index in [-0.39, 0.29) is 23.8 Å². The monoisotopic (exact) mass is 338 g/mol. The highest BCUT2D eigenvalue weighted by Crippen LogP contribution is 2.30. The van der Waals surface area contributed by atoms with Crippen molar-refractivity contribution in [3.8, 4) is 0 Å². The van der Waals surface area contributed by atoms with Gasteiger partial charge in [-0.15, -0.1) is 0 Å². The van der Waals surface area contributed by atoms with Gasteiger partial charge in [-0.25, -0.2) is 4.98 Å². The van der Waals surface area contributed by atoms with Gasteiger partial charge in [0.05, 0.1) is 18.0 Å². The molecule has 0 unspecified atom stereocenters. The zero-order chi connectivity index (χ0) is 17.4. The maximum Gasteiger partial charge on any atom is 0.269 e. The van der Waals surface area contributed by atoms with Crippen LogP contribution >= 0.6 is 0 Å². The molecule has 25 heavy (non-hydrogen) atoms. The Morgan fingerprint density at radius 3 is 3.00 bits per heavy atom. The summed E-state index contributed by atoms with van der Waals surface area (Å²) in [7, 11) is 0. The molecule has 2 atom stereocenters. The first-order valence-electron chi connectivity index (χ1n) is 8.18. The van der Waals surface area contributed by atoms with Crippen molar-refractivity contribution >= 4 is 22.8 Å². The highest BCUT2D eigenvalue weighted by molar-refractivity contribution is 6.05. The molecule has 0 bridgehead atoms. The summed E-state index contributed by atoms with van der Waals surface area (Å²) in [4.78, 5) is 31.3. The zero-order valence-corrected chi connectivity index (χ0v) is 13.7. The van der Waals surface area contributed by atoms with Gasteiger partial charge in [-0.2, -0.15) is 0 Å². The fraction of sp³-hybridized carbons (Fsp3) is 0.278. The fourth-order valence-electron chi connectivity index (χ4n) is 2.92. The molecule has 7 heteroatoms. The quantitative estimate of drug-likeness (QED) is 0.662. The van der Waals surface area contributed by atoms with E-state index in [1.54, 1.807) is 19.3 Å². The predicted octanol–water partition coefficient (Wildman–Crippen LogP) is 2.01. The van der Waals surface area contributed by atoms with Crippen molar-refractivity contribution in [1.29, 1.82) is 0 Å². The average molecular weight is 338 g/mol. The molecule has 2 aromatic heterocycles. The van der Waals surface area contributed by atoms with Crippen molar-refractivity contribution in [1.82, 2.24) is 20.6 Å². The molecule has 0 aliphatic heterocycles. The predicted molar refractivity (Wildman–Crippen MR) is 91.2 cm³/mol. The normalized spacial score (nSPS) is 18.9. The number of furan rings is 1. The minimum atomic E-state index is -0.182. The fourth-order valence-corrected chi connectivity index (χ4v) is 2.92. The Balaban J connectivity index is 1.31. The number of H-pyrrole nitrogens is 1. The second-order valence-corrected chi connectivity index (χ2v) is 6.31. The van der Waals surface area contributed by atoms with E-state index in [2.05, 4.69) is 20.6 Å². The molecule has 3 aromatic rings. The third-order valence-corrected chi connectivity index (χ3v) is 4.43. The number of amides is 2. The SMILES string of the molecule is Cc1ncc(C(=O)NC[C@@H]2C[C@@H]2NC(=O)c2cccc3ccoc23)[nH]1. The molecule has 2 heterocycles. The molecule has 1 aromatic carbocycles. The number of fused-ring (bicyclic) bond motifs is 1. The first kappa shape index (κ1) is 15.4. The average Bonchev–Trinajstić information content (AvgIpc) is 2.99. The number of para-hydroxylation sites is 1. The lowest BCUT2D eigenvalue weighted by Crippen LogP contribution is -2.31. The molecular weight excluding hydrogens is 320 g/mol. The van der Waals surface area contributed by atoms with Crippen molar-refractivity contribution in [2.24, 2.45) is 5.92 Å². The molecule has 1 aliphatic rings. The Hall–Kier alpha value is -3.09. The maximum absolute atomic E-state index is 12.4. The van der Waals surface area contributed by atoms with Gasteiger partial charge >= 0.3 is 0 Å². The molecule has 1 fully saturated rings. The topological polar surface area (TPSA) is 100 Å². The Morgan fingerprint density at radius 2 is 2.20 bits per heavy atom. The molecular formula is C18H18N4O3. The number of carbonyl (C=O) groups excluding carboxylic acids is 2. The van der Waals surface area contributed by atoms with Crippen LogP contribution in [0.1, 0.15) is 33.1 Å². The van der Waals surface area contributed by atoms with Crippen LogP contribution in [0, 0.1) is 12.8 Å². The van der Waals surface area contributed by atoms with Crippen LogP contribution < -0.4 is 10.6 Å². The number of hydrogen-bond acceptors (Lipinski definition) is 4. The Kier molecular flexibility index (Phi) is 3.76. The van der Waals surface area contributed by atoms with E-state index in [9.17, 15) is 9.59 Å². The molecule has 128 valence electrons. The highest BCUT2D eigenvalue weighted by Gasteiger charge is 2.38. The van der Waals surface area contributed by atoms with Gasteiger partial charge in [0.15, 0.2) is 0 Å². The van der Waals surface area contributed by atoms with E-state index in [0.717, 1.165) is 11.8 Å². The van der Waals surface area contributed by atoms with Crippen molar-refractivity contribution < 1.29 is 14.0 Å². The van der Waals surface area contributed by atoms with Gasteiger partial charge in [0.25, 0.3) is 11.8 Å². The summed E-state index contributed by atoms with van der Waals surface area (Å²) in [5, 5.41) is 6.77. The number of hydrogen-bond donors (Lipinski definition) is 3. The van der Waals surface area contributed by atoms with Gasteiger partial charge in [-0.3, -0.25) is 9.59 Å². The standard InChI is InChI=1S/C18H18N4O3/c1-10-19-9-15(21-10)18(24)20-8-12-7-14(12)22-17(23)13-4-2-3-11-5-6-25-16(11)13/h2-6,9,12,14H,7-8H2,1H3,(H,19,21)(H,20,24)(H,22,23)/t12-,14-/m0/s1. The summed E-state index contributed by atoms with van der Waals surface area (Å²) < 4.78 is 5.40. The van der Waals surface area contributed by atoms with Gasteiger partial charge in [0.2, 0.25) is 0 Å². The van der Waals surface area contributed by atoms with E-state index in [1.165, 1.54) is 6.20 Å². The van der Waals surface area contributed by atoms with Gasteiger partial charge in [0, 0.05) is 18.0 Å². The number of benzene rings is 1. The van der Waals surface area contributed by atoms with E-state index in [1.807, 2.05) is 18.2 Å². The molecule has 0 radical (unpaired) electrons. The highest BCUT2D eigenvalue weighted by atomic mass is 16.3. The summed E-state index contributed by atoms with van der Waals surface area (Å²) in [5.74, 6) is 0.614. The Bertz CT molecular complexity index is 943. The summed E-state index contributed by atoms with van der Waals surface area (Å²) in [5.41, 5.74) is 1.58. The number of aromatic amines is 1. The van der Waals surface area contributed by atoms with Gasteiger partial charge in [-0.1, -0.05) is 12.1 Å². The van der Waals surface area contributed by atoms with Crippen LogP contribution in [-0.2, 0) is 0 Å². The summed E-state index contributed by atoms with van der Waals surface area (Å²) >= 11 is 0. The Labute approximate surface area is 143 Å². The third-order valence-electron chi connectivity index (χ3n) is 4.43. The van der Waals surface area contributed by atoms with Crippen LogP contribution in [0.5, 0.6) is 0 Å². The molecule has 7 nitrogen and oxygen atoms in total. The van der Waals surface area contributed by atoms with E-state index >= 15 is 0 Å². The van der Waals surface area contributed by atoms with Crippen molar-refractivity contribution in [2.75, 3.05) is 6.54 Å². The first-order valence-corrected chi connectivity index (χ1v) is 8.18. The molecule has 1 aliphatic carbocycles. The first-order chi connectivity index (χ1) is 12.1. The largest absolute Gasteiger partial charge is 0.464 e. The second-order valence-electron chi connectivity index (χ2n) is 6.31. The lowest BCUT2D eigenvalue weighted by atomic mass is 10.1. The number of aryl methyl sites for hydroxylation is 1. The summed E-state index contributed by atoms with van der Waals surface area (Å²) in [6, 6.07) is 7.40. The minimum Gasteiger partial charge on any atom is -0.464 e. The summed E-state index contributed by atoms with van der Waals surface area (Å²) in [6.45, 7) is 2.32. The van der Waals surface area contributed by atoms with Gasteiger partial charge in [0.1, 0.15) is 17.1 Å². The van der Waals surface area contributed by atoms with E-state index in [4.69, 9.17) is 4.42 Å². The smallest absolute Gasteiger partial charge is 0.269 e. The molecule has 0 spiro atoms. The summed E-state index contributed by atoms with van der Waals surface area (Å²) in [6.07, 6.45) is 3.94. The molecule has 4 rings (SSSR count). The number of nitrogens with one attached hydrogen (secondary N) is 3. The minimum absolute atomic E-state index is 0.0709. The van der Waals surface area contributed by atoms with Crippen LogP contribution in [0.2, 0.25) is 0 Å². The van der Waals surface area contributed by atoms with Gasteiger partial charge in [-0.05, 0) is 31.4 Å². The van der Waals surface area contributed by atoms with Crippen LogP contribution in [0.3, 0.4) is 0 Å². The van der Waals surface area contributed by atoms with Gasteiger partial charge < -0.3 is 20.0 Å². The zero-order valence-electron chi connectivity index (χ0n) is 13.7. The van der Waals surface area contributed by atoms with Crippen LogP contribution in [0.15, 0.2) is 41.1 Å². The number of carbonyl (C=O) groups is 2. The maximum atomic E-state index is 12.4. The lowest BCUT2D eigenvalue weighted by Gasteiger charge is -2.06. The molecule has 3 N–H and O–H groups in total. The Morgan fingerprint density at radius 1 is 1.32 bits per heavy atom. The molecule has 2 amide bonds. The van der Waals surface area contributed by atoms with E-state index in [0.29, 0.717) is 29.2 Å². The molecule has 1 saturated carbocycles.